The van der Waals surface area contributed by atoms with Crippen LogP contribution < -0.4 is 0 Å². The van der Waals surface area contributed by atoms with Crippen LogP contribution in [-0.2, 0) is 0 Å². The summed E-state index contributed by atoms with van der Waals surface area (Å²) in [4.78, 5) is 11.1. The van der Waals surface area contributed by atoms with E-state index in [1.165, 1.54) is 0 Å². The molecule has 0 amide bonds. The highest BCUT2D eigenvalue weighted by molar-refractivity contribution is 6.31. The lowest BCUT2D eigenvalue weighted by atomic mass is 10.0. The molecule has 0 aliphatic rings. The van der Waals surface area contributed by atoms with E-state index in [4.69, 9.17) is 16.9 Å². The van der Waals surface area contributed by atoms with Crippen molar-refractivity contribution in [3.05, 3.63) is 47.5 Å². The Bertz CT molecular complexity index is 770. The third kappa shape index (κ3) is 1.62. The summed E-state index contributed by atoms with van der Waals surface area (Å²) < 4.78 is 0. The number of nitrogens with one attached hydrogen (secondary N) is 1. The lowest BCUT2D eigenvalue weighted by Gasteiger charge is -2.04. The average Bonchev–Trinajstić information content (AvgIpc) is 2.85. The number of benzene rings is 1. The summed E-state index contributed by atoms with van der Waals surface area (Å²) in [5.41, 5.74) is 3.88. The second-order valence-corrected chi connectivity index (χ2v) is 4.13. The highest BCUT2D eigenvalue weighted by Crippen LogP contribution is 2.28. The first-order valence-electron chi connectivity index (χ1n) is 5.27. The van der Waals surface area contributed by atoms with E-state index in [0.717, 1.165) is 22.2 Å². The van der Waals surface area contributed by atoms with E-state index in [0.29, 0.717) is 5.56 Å². The first kappa shape index (κ1) is 10.8. The number of hydrogen-bond acceptors (Lipinski definition) is 3. The molecule has 0 saturated heterocycles. The van der Waals surface area contributed by atoms with Crippen molar-refractivity contribution in [2.45, 2.75) is 0 Å². The monoisotopic (exact) mass is 254 g/mol. The predicted molar refractivity (Wildman–Crippen MR) is 69.0 cm³/mol. The van der Waals surface area contributed by atoms with E-state index in [1.54, 1.807) is 18.6 Å². The van der Waals surface area contributed by atoms with Crippen LogP contribution in [0.4, 0.5) is 0 Å². The van der Waals surface area contributed by atoms with Crippen LogP contribution in [0.15, 0.2) is 36.8 Å². The van der Waals surface area contributed by atoms with Crippen LogP contribution in [0.2, 0.25) is 5.15 Å². The highest BCUT2D eigenvalue weighted by Gasteiger charge is 2.10. The van der Waals surface area contributed by atoms with Gasteiger partial charge in [-0.25, -0.2) is 9.97 Å². The third-order valence-corrected chi connectivity index (χ3v) is 3.03. The van der Waals surface area contributed by atoms with Crippen LogP contribution in [0.25, 0.3) is 22.2 Å². The standard InChI is InChI=1S/C13H7ClN4/c14-13-10(6-15)9(3-4-16-13)8-1-2-11-12(5-8)18-7-17-11/h1-5,7H,(H,17,18). The van der Waals surface area contributed by atoms with E-state index < -0.39 is 0 Å². The normalized spacial score (nSPS) is 10.4. The number of hydrogen-bond donors (Lipinski definition) is 1. The predicted octanol–water partition coefficient (Wildman–Crippen LogP) is 3.15. The number of aromatic amines is 1. The Labute approximate surface area is 108 Å². The van der Waals surface area contributed by atoms with Crippen LogP contribution in [0.1, 0.15) is 5.56 Å². The van der Waals surface area contributed by atoms with Gasteiger partial charge in [-0.3, -0.25) is 0 Å². The smallest absolute Gasteiger partial charge is 0.147 e. The van der Waals surface area contributed by atoms with Gasteiger partial charge >= 0.3 is 0 Å². The third-order valence-electron chi connectivity index (χ3n) is 2.75. The number of aromatic nitrogens is 3. The van der Waals surface area contributed by atoms with Crippen molar-refractivity contribution in [1.82, 2.24) is 15.0 Å². The topological polar surface area (TPSA) is 65.4 Å². The Morgan fingerprint density at radius 1 is 1.22 bits per heavy atom. The minimum absolute atomic E-state index is 0.222. The van der Waals surface area contributed by atoms with Gasteiger partial charge in [-0.05, 0) is 23.8 Å². The molecule has 1 N–H and O–H groups in total. The minimum Gasteiger partial charge on any atom is -0.345 e. The summed E-state index contributed by atoms with van der Waals surface area (Å²) in [6.45, 7) is 0. The van der Waals surface area contributed by atoms with Crippen molar-refractivity contribution in [2.75, 3.05) is 0 Å². The van der Waals surface area contributed by atoms with Gasteiger partial charge in [0.15, 0.2) is 0 Å². The maximum atomic E-state index is 9.14. The van der Waals surface area contributed by atoms with Gasteiger partial charge in [0.05, 0.1) is 22.9 Å². The van der Waals surface area contributed by atoms with Gasteiger partial charge in [0.1, 0.15) is 11.2 Å². The Balaban J connectivity index is 2.26. The summed E-state index contributed by atoms with van der Waals surface area (Å²) in [6.07, 6.45) is 3.23. The molecule has 5 heteroatoms. The molecule has 4 nitrogen and oxygen atoms in total. The first-order chi connectivity index (χ1) is 8.79. The van der Waals surface area contributed by atoms with Gasteiger partial charge < -0.3 is 4.98 Å². The van der Waals surface area contributed by atoms with Crippen molar-refractivity contribution >= 4 is 22.6 Å². The average molecular weight is 255 g/mol. The number of H-pyrrole nitrogens is 1. The van der Waals surface area contributed by atoms with E-state index in [9.17, 15) is 0 Å². The zero-order valence-corrected chi connectivity index (χ0v) is 9.94. The number of nitrogens with zero attached hydrogens (tertiary/aromatic N) is 3. The number of pyridine rings is 1. The zero-order chi connectivity index (χ0) is 12.5. The number of rotatable bonds is 1. The van der Waals surface area contributed by atoms with E-state index >= 15 is 0 Å². The molecule has 2 heterocycles. The fourth-order valence-electron chi connectivity index (χ4n) is 1.89. The number of nitriles is 1. The molecule has 0 aliphatic carbocycles. The fraction of sp³-hybridized carbons (Fsp3) is 0. The molecule has 0 fully saturated rings. The molecule has 18 heavy (non-hydrogen) atoms. The van der Waals surface area contributed by atoms with Crippen LogP contribution in [0, 0.1) is 11.3 Å². The van der Waals surface area contributed by atoms with Gasteiger partial charge in [-0.2, -0.15) is 5.26 Å². The molecule has 0 saturated carbocycles. The maximum absolute atomic E-state index is 9.14. The maximum Gasteiger partial charge on any atom is 0.147 e. The van der Waals surface area contributed by atoms with Gasteiger partial charge in [0, 0.05) is 11.8 Å². The molecule has 0 radical (unpaired) electrons. The summed E-state index contributed by atoms with van der Waals surface area (Å²) in [5.74, 6) is 0. The SMILES string of the molecule is N#Cc1c(-c2ccc3nc[nH]c3c2)ccnc1Cl. The molecule has 0 aliphatic heterocycles. The summed E-state index contributed by atoms with van der Waals surface area (Å²) in [6, 6.07) is 9.61. The highest BCUT2D eigenvalue weighted by atomic mass is 35.5. The Kier molecular flexibility index (Phi) is 2.47. The molecule has 3 aromatic rings. The zero-order valence-electron chi connectivity index (χ0n) is 9.18. The number of halogens is 1. The van der Waals surface area contributed by atoms with Crippen molar-refractivity contribution in [3.8, 4) is 17.2 Å². The second kappa shape index (κ2) is 4.13. The van der Waals surface area contributed by atoms with Crippen LogP contribution >= 0.6 is 11.6 Å². The summed E-state index contributed by atoms with van der Waals surface area (Å²) in [7, 11) is 0. The lowest BCUT2D eigenvalue weighted by Crippen LogP contribution is -1.88. The molecule has 1 aromatic carbocycles. The molecule has 0 bridgehead atoms. The Hall–Kier alpha value is -2.38. The molecule has 2 aromatic heterocycles. The minimum atomic E-state index is 0.222. The van der Waals surface area contributed by atoms with Crippen molar-refractivity contribution in [1.29, 1.82) is 5.26 Å². The summed E-state index contributed by atoms with van der Waals surface area (Å²) >= 11 is 5.92. The molecular formula is C13H7ClN4. The fourth-order valence-corrected chi connectivity index (χ4v) is 2.09. The molecule has 86 valence electrons. The van der Waals surface area contributed by atoms with Gasteiger partial charge in [-0.1, -0.05) is 17.7 Å². The molecule has 3 rings (SSSR count). The van der Waals surface area contributed by atoms with Crippen molar-refractivity contribution < 1.29 is 0 Å². The first-order valence-corrected chi connectivity index (χ1v) is 5.65. The molecular weight excluding hydrogens is 248 g/mol. The largest absolute Gasteiger partial charge is 0.345 e. The second-order valence-electron chi connectivity index (χ2n) is 3.77. The van der Waals surface area contributed by atoms with Crippen LogP contribution in [0.3, 0.4) is 0 Å². The van der Waals surface area contributed by atoms with E-state index in [1.807, 2.05) is 18.2 Å². The van der Waals surface area contributed by atoms with Crippen molar-refractivity contribution in [2.24, 2.45) is 0 Å². The molecule has 0 atom stereocenters. The van der Waals surface area contributed by atoms with Gasteiger partial charge in [-0.15, -0.1) is 0 Å². The lowest BCUT2D eigenvalue weighted by molar-refractivity contribution is 1.30. The summed E-state index contributed by atoms with van der Waals surface area (Å²) in [5, 5.41) is 9.36. The van der Waals surface area contributed by atoms with Crippen molar-refractivity contribution in [3.63, 3.8) is 0 Å². The molecule has 0 spiro atoms. The quantitative estimate of drug-likeness (QED) is 0.679. The number of imidazole rings is 1. The van der Waals surface area contributed by atoms with E-state index in [2.05, 4.69) is 21.0 Å². The van der Waals surface area contributed by atoms with Crippen LogP contribution in [0.5, 0.6) is 0 Å². The van der Waals surface area contributed by atoms with Gasteiger partial charge in [0.2, 0.25) is 0 Å². The van der Waals surface area contributed by atoms with Crippen LogP contribution in [-0.4, -0.2) is 15.0 Å². The van der Waals surface area contributed by atoms with E-state index in [-0.39, 0.29) is 5.15 Å². The Morgan fingerprint density at radius 2 is 2.11 bits per heavy atom. The Morgan fingerprint density at radius 3 is 2.94 bits per heavy atom. The number of fused-ring (bicyclic) bond motifs is 1. The molecule has 0 unspecified atom stereocenters. The van der Waals surface area contributed by atoms with Gasteiger partial charge in [0.25, 0.3) is 0 Å².